The Morgan fingerprint density at radius 1 is 1.24 bits per heavy atom. The van der Waals surface area contributed by atoms with Crippen LogP contribution in [0.1, 0.15) is 33.7 Å². The maximum atomic E-state index is 12.8. The van der Waals surface area contributed by atoms with Crippen molar-refractivity contribution in [3.8, 4) is 0 Å². The van der Waals surface area contributed by atoms with E-state index < -0.39 is 5.97 Å². The molecule has 2 heterocycles. The molecule has 3 aromatic rings. The highest BCUT2D eigenvalue weighted by atomic mass is 16.4. The number of benzene rings is 2. The molecular weight excluding hydrogens is 316 g/mol. The molecule has 0 atom stereocenters. The number of carbonyl (C=O) groups is 1. The standard InChI is InChI=1S/C20H16N2O3/c1-12-3-2-4-13(9-12)10-14-7-8-22-18(14)21-17-6-5-15(20(24)25)11-16(17)19(22)23/h2-6,9-11H,7-8H2,1H3,(H,24,25)/b14-10+. The Morgan fingerprint density at radius 3 is 2.84 bits per heavy atom. The molecule has 0 amide bonds. The van der Waals surface area contributed by atoms with Gasteiger partial charge in [0.05, 0.1) is 16.5 Å². The molecule has 1 aliphatic rings. The predicted octanol–water partition coefficient (Wildman–Crippen LogP) is 3.35. The van der Waals surface area contributed by atoms with Crippen LogP contribution in [0.5, 0.6) is 0 Å². The zero-order chi connectivity index (χ0) is 17.6. The SMILES string of the molecule is Cc1cccc(/C=C2\CCn3c2nc2ccc(C(=O)O)cc2c3=O)c1. The van der Waals surface area contributed by atoms with Crippen molar-refractivity contribution in [3.05, 3.63) is 75.3 Å². The number of aryl methyl sites for hydroxylation is 1. The van der Waals surface area contributed by atoms with Crippen molar-refractivity contribution in [3.63, 3.8) is 0 Å². The summed E-state index contributed by atoms with van der Waals surface area (Å²) in [7, 11) is 0. The maximum Gasteiger partial charge on any atom is 0.335 e. The Kier molecular flexibility index (Phi) is 3.50. The van der Waals surface area contributed by atoms with Crippen molar-refractivity contribution in [2.75, 3.05) is 0 Å². The summed E-state index contributed by atoms with van der Waals surface area (Å²) in [4.78, 5) is 28.5. The summed E-state index contributed by atoms with van der Waals surface area (Å²) < 4.78 is 1.63. The van der Waals surface area contributed by atoms with E-state index in [1.807, 2.05) is 25.1 Å². The number of carboxylic acids is 1. The average molecular weight is 332 g/mol. The van der Waals surface area contributed by atoms with Gasteiger partial charge >= 0.3 is 5.97 Å². The lowest BCUT2D eigenvalue weighted by molar-refractivity contribution is 0.0697. The molecule has 0 unspecified atom stereocenters. The van der Waals surface area contributed by atoms with Gasteiger partial charge < -0.3 is 5.11 Å². The second-order valence-corrected chi connectivity index (χ2v) is 6.26. The number of aromatic nitrogens is 2. The first-order valence-electron chi connectivity index (χ1n) is 8.08. The van der Waals surface area contributed by atoms with Gasteiger partial charge in [-0.25, -0.2) is 9.78 Å². The van der Waals surface area contributed by atoms with Gasteiger partial charge in [-0.15, -0.1) is 0 Å². The van der Waals surface area contributed by atoms with E-state index in [-0.39, 0.29) is 11.1 Å². The molecule has 124 valence electrons. The Bertz CT molecular complexity index is 1110. The van der Waals surface area contributed by atoms with E-state index in [1.165, 1.54) is 17.7 Å². The number of rotatable bonds is 2. The Balaban J connectivity index is 1.88. The Labute approximate surface area is 143 Å². The minimum atomic E-state index is -1.05. The fourth-order valence-corrected chi connectivity index (χ4v) is 3.25. The molecule has 0 saturated heterocycles. The lowest BCUT2D eigenvalue weighted by Gasteiger charge is -2.06. The van der Waals surface area contributed by atoms with Crippen molar-refractivity contribution in [1.29, 1.82) is 0 Å². The summed E-state index contributed by atoms with van der Waals surface area (Å²) in [5.74, 6) is -0.381. The summed E-state index contributed by atoms with van der Waals surface area (Å²) in [6, 6.07) is 12.7. The lowest BCUT2D eigenvalue weighted by Crippen LogP contribution is -2.21. The van der Waals surface area contributed by atoms with Crippen LogP contribution in [-0.2, 0) is 6.54 Å². The first kappa shape index (κ1) is 15.3. The Morgan fingerprint density at radius 2 is 2.08 bits per heavy atom. The molecule has 1 aliphatic heterocycles. The maximum absolute atomic E-state index is 12.8. The molecular formula is C20H16N2O3. The van der Waals surface area contributed by atoms with Gasteiger partial charge in [-0.2, -0.15) is 0 Å². The van der Waals surface area contributed by atoms with Crippen molar-refractivity contribution >= 4 is 28.5 Å². The second-order valence-electron chi connectivity index (χ2n) is 6.26. The number of nitrogens with zero attached hydrogens (tertiary/aromatic N) is 2. The van der Waals surface area contributed by atoms with Crippen LogP contribution in [0, 0.1) is 6.92 Å². The topological polar surface area (TPSA) is 72.2 Å². The fraction of sp³-hybridized carbons (Fsp3) is 0.150. The van der Waals surface area contributed by atoms with Crippen molar-refractivity contribution < 1.29 is 9.90 Å². The van der Waals surface area contributed by atoms with Gasteiger partial charge in [0.2, 0.25) is 0 Å². The van der Waals surface area contributed by atoms with Gasteiger partial charge in [-0.1, -0.05) is 29.8 Å². The molecule has 5 heteroatoms. The van der Waals surface area contributed by atoms with E-state index in [0.29, 0.717) is 23.3 Å². The number of fused-ring (bicyclic) bond motifs is 2. The van der Waals surface area contributed by atoms with Crippen LogP contribution >= 0.6 is 0 Å². The molecule has 0 bridgehead atoms. The number of aromatic carboxylic acids is 1. The summed E-state index contributed by atoms with van der Waals surface area (Å²) >= 11 is 0. The third-order valence-corrected chi connectivity index (χ3v) is 4.48. The van der Waals surface area contributed by atoms with Crippen molar-refractivity contribution in [2.45, 2.75) is 19.9 Å². The number of carboxylic acid groups (broad SMARTS) is 1. The Hall–Kier alpha value is -3.21. The van der Waals surface area contributed by atoms with Crippen LogP contribution in [0.15, 0.2) is 47.3 Å². The van der Waals surface area contributed by atoms with Crippen LogP contribution < -0.4 is 5.56 Å². The van der Waals surface area contributed by atoms with Gasteiger partial charge in [0.25, 0.3) is 5.56 Å². The molecule has 1 N–H and O–H groups in total. The van der Waals surface area contributed by atoms with E-state index in [9.17, 15) is 9.59 Å². The molecule has 0 aliphatic carbocycles. The quantitative estimate of drug-likeness (QED) is 0.781. The van der Waals surface area contributed by atoms with E-state index in [2.05, 4.69) is 17.1 Å². The highest BCUT2D eigenvalue weighted by Gasteiger charge is 2.21. The molecule has 0 radical (unpaired) electrons. The van der Waals surface area contributed by atoms with Crippen LogP contribution in [0.3, 0.4) is 0 Å². The minimum absolute atomic E-state index is 0.0977. The first-order chi connectivity index (χ1) is 12.0. The average Bonchev–Trinajstić information content (AvgIpc) is 2.98. The molecule has 2 aromatic carbocycles. The monoisotopic (exact) mass is 332 g/mol. The molecule has 5 nitrogen and oxygen atoms in total. The van der Waals surface area contributed by atoms with Crippen LogP contribution in [0.2, 0.25) is 0 Å². The van der Waals surface area contributed by atoms with Gasteiger partial charge in [0, 0.05) is 6.54 Å². The summed E-state index contributed by atoms with van der Waals surface area (Å²) in [6.45, 7) is 2.60. The molecule has 1 aromatic heterocycles. The number of hydrogen-bond acceptors (Lipinski definition) is 3. The van der Waals surface area contributed by atoms with E-state index >= 15 is 0 Å². The summed E-state index contributed by atoms with van der Waals surface area (Å²) in [6.07, 6.45) is 2.80. The fourth-order valence-electron chi connectivity index (χ4n) is 3.25. The van der Waals surface area contributed by atoms with E-state index in [0.717, 1.165) is 17.6 Å². The molecule has 0 spiro atoms. The third kappa shape index (κ3) is 2.63. The number of hydrogen-bond donors (Lipinski definition) is 1. The zero-order valence-electron chi connectivity index (χ0n) is 13.7. The number of allylic oxidation sites excluding steroid dienone is 1. The van der Waals surface area contributed by atoms with Gasteiger partial charge in [-0.3, -0.25) is 9.36 Å². The van der Waals surface area contributed by atoms with Crippen molar-refractivity contribution in [2.24, 2.45) is 0 Å². The van der Waals surface area contributed by atoms with Gasteiger partial charge in [0.15, 0.2) is 0 Å². The summed E-state index contributed by atoms with van der Waals surface area (Å²) in [5.41, 5.74) is 3.72. The molecule has 0 fully saturated rings. The molecule has 25 heavy (non-hydrogen) atoms. The van der Waals surface area contributed by atoms with Gasteiger partial charge in [0.1, 0.15) is 5.82 Å². The normalized spacial score (nSPS) is 14.8. The third-order valence-electron chi connectivity index (χ3n) is 4.48. The minimum Gasteiger partial charge on any atom is -0.478 e. The first-order valence-corrected chi connectivity index (χ1v) is 8.08. The van der Waals surface area contributed by atoms with E-state index in [4.69, 9.17) is 5.11 Å². The van der Waals surface area contributed by atoms with Gasteiger partial charge in [-0.05, 0) is 48.8 Å². The van der Waals surface area contributed by atoms with Crippen molar-refractivity contribution in [1.82, 2.24) is 9.55 Å². The van der Waals surface area contributed by atoms with E-state index in [1.54, 1.807) is 10.6 Å². The highest BCUT2D eigenvalue weighted by Crippen LogP contribution is 2.27. The van der Waals surface area contributed by atoms with Crippen LogP contribution in [0.4, 0.5) is 0 Å². The van der Waals surface area contributed by atoms with Crippen LogP contribution in [0.25, 0.3) is 22.6 Å². The van der Waals surface area contributed by atoms with Crippen LogP contribution in [-0.4, -0.2) is 20.6 Å². The molecule has 4 rings (SSSR count). The smallest absolute Gasteiger partial charge is 0.335 e. The largest absolute Gasteiger partial charge is 0.478 e. The molecule has 0 saturated carbocycles. The summed E-state index contributed by atoms with van der Waals surface area (Å²) in [5, 5.41) is 9.47. The second kappa shape index (κ2) is 5.70. The zero-order valence-corrected chi connectivity index (χ0v) is 13.7. The lowest BCUT2D eigenvalue weighted by atomic mass is 10.1. The highest BCUT2D eigenvalue weighted by molar-refractivity contribution is 5.93. The predicted molar refractivity (Wildman–Crippen MR) is 96.6 cm³/mol.